The molecule has 2 rings (SSSR count). The summed E-state index contributed by atoms with van der Waals surface area (Å²) in [6.45, 7) is 0. The quantitative estimate of drug-likeness (QED) is 0.517. The van der Waals surface area contributed by atoms with Crippen molar-refractivity contribution in [2.75, 3.05) is 0 Å². The van der Waals surface area contributed by atoms with Gasteiger partial charge in [-0.3, -0.25) is 4.79 Å². The number of hydrogen-bond donors (Lipinski definition) is 2. The highest BCUT2D eigenvalue weighted by atomic mass is 32.2. The molecular weight excluding hydrogens is 345 g/mol. The number of nitrogens with one attached hydrogen (secondary N) is 1. The summed E-state index contributed by atoms with van der Waals surface area (Å²) >= 11 is 0. The van der Waals surface area contributed by atoms with Crippen molar-refractivity contribution in [3.8, 4) is 0 Å². The van der Waals surface area contributed by atoms with Crippen molar-refractivity contribution in [2.45, 2.75) is 55.6 Å². The third kappa shape index (κ3) is 5.93. The normalized spacial score (nSPS) is 24.0. The second-order valence-electron chi connectivity index (χ2n) is 6.29. The molecule has 0 heterocycles. The number of halogens is 1. The topological polar surface area (TPSA) is 83.5 Å². The molecule has 0 aromatic heterocycles. The van der Waals surface area contributed by atoms with Crippen LogP contribution in [0.2, 0.25) is 0 Å². The first-order valence-electron chi connectivity index (χ1n) is 8.48. The predicted molar refractivity (Wildman–Crippen MR) is 93.4 cm³/mol. The number of carboxylic acids is 1. The average Bonchev–Trinajstić information content (AvgIpc) is 2.91. The van der Waals surface area contributed by atoms with Crippen LogP contribution in [0.25, 0.3) is 0 Å². The van der Waals surface area contributed by atoms with E-state index in [-0.39, 0.29) is 11.3 Å². The van der Waals surface area contributed by atoms with Crippen molar-refractivity contribution >= 4 is 16.0 Å². The number of unbranched alkanes of at least 4 members (excludes halogenated alkanes) is 1. The lowest BCUT2D eigenvalue weighted by Crippen LogP contribution is -2.38. The highest BCUT2D eigenvalue weighted by Gasteiger charge is 2.37. The number of allylic oxidation sites excluding steroid dienone is 2. The summed E-state index contributed by atoms with van der Waals surface area (Å²) in [7, 11) is -3.65. The number of hydrogen-bond acceptors (Lipinski definition) is 3. The van der Waals surface area contributed by atoms with Gasteiger partial charge in [-0.2, -0.15) is 0 Å². The minimum Gasteiger partial charge on any atom is -0.481 e. The summed E-state index contributed by atoms with van der Waals surface area (Å²) in [5.41, 5.74) is 0. The fraction of sp³-hybridized carbons (Fsp3) is 0.500. The van der Waals surface area contributed by atoms with Crippen LogP contribution in [-0.4, -0.2) is 31.7 Å². The SMILES string of the molecule is O=C(O)CCC/C=C\C[C@H]1[C@H](F)CC[C@@H]1NS(=O)(=O)c1ccccc1. The summed E-state index contributed by atoms with van der Waals surface area (Å²) in [5.74, 6) is -1.22. The van der Waals surface area contributed by atoms with E-state index >= 15 is 0 Å². The van der Waals surface area contributed by atoms with Crippen molar-refractivity contribution in [3.05, 3.63) is 42.5 Å². The maximum atomic E-state index is 14.2. The van der Waals surface area contributed by atoms with Crippen molar-refractivity contribution in [1.82, 2.24) is 4.72 Å². The van der Waals surface area contributed by atoms with Gasteiger partial charge >= 0.3 is 5.97 Å². The van der Waals surface area contributed by atoms with Crippen molar-refractivity contribution in [2.24, 2.45) is 5.92 Å². The van der Waals surface area contributed by atoms with Gasteiger partial charge in [-0.1, -0.05) is 30.4 Å². The number of carboxylic acid groups (broad SMARTS) is 1. The second-order valence-corrected chi connectivity index (χ2v) is 8.01. The van der Waals surface area contributed by atoms with Crippen molar-refractivity contribution in [1.29, 1.82) is 0 Å². The molecule has 1 aliphatic rings. The summed E-state index contributed by atoms with van der Waals surface area (Å²) in [5, 5.41) is 8.58. The summed E-state index contributed by atoms with van der Waals surface area (Å²) in [6.07, 6.45) is 5.17. The van der Waals surface area contributed by atoms with Gasteiger partial charge in [-0.15, -0.1) is 0 Å². The third-order valence-corrected chi connectivity index (χ3v) is 5.94. The van der Waals surface area contributed by atoms with Crippen LogP contribution in [0.5, 0.6) is 0 Å². The Hall–Kier alpha value is -1.73. The molecule has 0 aliphatic heterocycles. The van der Waals surface area contributed by atoms with Crippen LogP contribution in [0.1, 0.15) is 38.5 Å². The zero-order valence-electron chi connectivity index (χ0n) is 14.0. The van der Waals surface area contributed by atoms with Crippen LogP contribution >= 0.6 is 0 Å². The molecule has 3 atom stereocenters. The molecule has 1 saturated carbocycles. The first-order valence-corrected chi connectivity index (χ1v) is 9.96. The Bertz CT molecular complexity index is 690. The van der Waals surface area contributed by atoms with Crippen LogP contribution in [0, 0.1) is 5.92 Å². The molecule has 138 valence electrons. The molecular formula is C18H24FNO4S. The van der Waals surface area contributed by atoms with E-state index in [1.165, 1.54) is 12.1 Å². The number of sulfonamides is 1. The molecule has 0 bridgehead atoms. The third-order valence-electron chi connectivity index (χ3n) is 4.43. The molecule has 5 nitrogen and oxygen atoms in total. The van der Waals surface area contributed by atoms with E-state index < -0.39 is 34.1 Å². The molecule has 1 fully saturated rings. The Labute approximate surface area is 148 Å². The fourth-order valence-electron chi connectivity index (χ4n) is 3.09. The number of rotatable bonds is 9. The van der Waals surface area contributed by atoms with E-state index in [1.807, 2.05) is 12.2 Å². The van der Waals surface area contributed by atoms with Gasteiger partial charge in [0.05, 0.1) is 4.90 Å². The standard InChI is InChI=1S/C18H24FNO4S/c19-16-12-13-17(15(16)10-6-1-2-7-11-18(21)22)20-25(23,24)14-8-4-3-5-9-14/h1,3-6,8-9,15-17,20H,2,7,10-13H2,(H,21,22)/b6-1-/t15-,16+,17-/m0/s1. The van der Waals surface area contributed by atoms with E-state index in [1.54, 1.807) is 18.2 Å². The van der Waals surface area contributed by atoms with Crippen molar-refractivity contribution < 1.29 is 22.7 Å². The molecule has 25 heavy (non-hydrogen) atoms. The maximum absolute atomic E-state index is 14.2. The highest BCUT2D eigenvalue weighted by molar-refractivity contribution is 7.89. The van der Waals surface area contributed by atoms with Crippen LogP contribution in [0.15, 0.2) is 47.4 Å². The molecule has 0 saturated heterocycles. The summed E-state index contributed by atoms with van der Waals surface area (Å²) in [6, 6.07) is 7.65. The van der Waals surface area contributed by atoms with E-state index in [4.69, 9.17) is 5.11 Å². The van der Waals surface area contributed by atoms with Crippen LogP contribution in [-0.2, 0) is 14.8 Å². The Morgan fingerprint density at radius 3 is 2.64 bits per heavy atom. The predicted octanol–water partition coefficient (Wildman–Crippen LogP) is 3.28. The lowest BCUT2D eigenvalue weighted by molar-refractivity contribution is -0.137. The Morgan fingerprint density at radius 2 is 1.96 bits per heavy atom. The molecule has 0 spiro atoms. The molecule has 1 aromatic carbocycles. The Morgan fingerprint density at radius 1 is 1.24 bits per heavy atom. The zero-order chi connectivity index (χ0) is 18.3. The molecule has 0 radical (unpaired) electrons. The van der Waals surface area contributed by atoms with Crippen LogP contribution < -0.4 is 4.72 Å². The van der Waals surface area contributed by atoms with Gasteiger partial charge in [-0.25, -0.2) is 17.5 Å². The lowest BCUT2D eigenvalue weighted by Gasteiger charge is -2.21. The van der Waals surface area contributed by atoms with Crippen molar-refractivity contribution in [3.63, 3.8) is 0 Å². The van der Waals surface area contributed by atoms with Gasteiger partial charge in [0.15, 0.2) is 0 Å². The molecule has 7 heteroatoms. The van der Waals surface area contributed by atoms with Gasteiger partial charge in [-0.05, 0) is 44.2 Å². The zero-order valence-corrected chi connectivity index (χ0v) is 14.8. The van der Waals surface area contributed by atoms with Gasteiger partial charge in [0.25, 0.3) is 0 Å². The first kappa shape index (κ1) is 19.6. The number of benzene rings is 1. The summed E-state index contributed by atoms with van der Waals surface area (Å²) < 4.78 is 41.6. The van der Waals surface area contributed by atoms with E-state index in [0.717, 1.165) is 0 Å². The minimum absolute atomic E-state index is 0.110. The Kier molecular flexibility index (Phi) is 7.13. The van der Waals surface area contributed by atoms with Gasteiger partial charge in [0, 0.05) is 18.4 Å². The number of carbonyl (C=O) groups is 1. The highest BCUT2D eigenvalue weighted by Crippen LogP contribution is 2.33. The second kappa shape index (κ2) is 9.10. The lowest BCUT2D eigenvalue weighted by atomic mass is 9.98. The van der Waals surface area contributed by atoms with Gasteiger partial charge in [0.1, 0.15) is 6.17 Å². The number of alkyl halides is 1. The summed E-state index contributed by atoms with van der Waals surface area (Å²) in [4.78, 5) is 10.6. The monoisotopic (exact) mass is 369 g/mol. The van der Waals surface area contributed by atoms with Gasteiger partial charge < -0.3 is 5.11 Å². The van der Waals surface area contributed by atoms with E-state index in [0.29, 0.717) is 32.1 Å². The van der Waals surface area contributed by atoms with Crippen LogP contribution in [0.4, 0.5) is 4.39 Å². The maximum Gasteiger partial charge on any atom is 0.303 e. The molecule has 0 unspecified atom stereocenters. The van der Waals surface area contributed by atoms with Gasteiger partial charge in [0.2, 0.25) is 10.0 Å². The smallest absolute Gasteiger partial charge is 0.303 e. The molecule has 2 N–H and O–H groups in total. The molecule has 1 aliphatic carbocycles. The molecule has 0 amide bonds. The van der Waals surface area contributed by atoms with Crippen LogP contribution in [0.3, 0.4) is 0 Å². The Balaban J connectivity index is 1.91. The van der Waals surface area contributed by atoms with E-state index in [2.05, 4.69) is 4.72 Å². The number of aliphatic carboxylic acids is 1. The largest absolute Gasteiger partial charge is 0.481 e. The first-order chi connectivity index (χ1) is 11.9. The fourth-order valence-corrected chi connectivity index (χ4v) is 4.43. The van der Waals surface area contributed by atoms with E-state index in [9.17, 15) is 17.6 Å². The molecule has 1 aromatic rings. The average molecular weight is 369 g/mol. The minimum atomic E-state index is -3.65.